The van der Waals surface area contributed by atoms with E-state index in [0.717, 1.165) is 0 Å². The van der Waals surface area contributed by atoms with Gasteiger partial charge in [-0.2, -0.15) is 0 Å². The zero-order valence-corrected chi connectivity index (χ0v) is 34.4. The third kappa shape index (κ3) is 8.23. The first-order valence-electron chi connectivity index (χ1n) is 19.6. The lowest BCUT2D eigenvalue weighted by atomic mass is 9.78. The van der Waals surface area contributed by atoms with Gasteiger partial charge in [0.1, 0.15) is 17.6 Å². The molecule has 4 aliphatic rings. The molecule has 0 spiro atoms. The average molecular weight is 795 g/mol. The smallest absolute Gasteiger partial charge is 0.312 e. The highest BCUT2D eigenvalue weighted by atomic mass is 16.7. The third-order valence-corrected chi connectivity index (χ3v) is 12.0. The summed E-state index contributed by atoms with van der Waals surface area (Å²) in [6, 6.07) is 1.15. The number of ether oxygens (including phenoxy) is 4. The summed E-state index contributed by atoms with van der Waals surface area (Å²) in [6.07, 6.45) is 4.44. The average Bonchev–Trinajstić information content (AvgIpc) is 3.76. The number of esters is 1. The van der Waals surface area contributed by atoms with E-state index < -0.39 is 83.4 Å². The molecule has 312 valence electrons. The number of carbonyl (C=O) groups is 3. The summed E-state index contributed by atoms with van der Waals surface area (Å²) in [6.45, 7) is 14.9. The highest BCUT2D eigenvalue weighted by Crippen LogP contribution is 2.54. The first-order valence-corrected chi connectivity index (χ1v) is 19.6. The Morgan fingerprint density at radius 2 is 1.70 bits per heavy atom. The van der Waals surface area contributed by atoms with Crippen molar-refractivity contribution in [2.45, 2.75) is 118 Å². The third-order valence-electron chi connectivity index (χ3n) is 12.0. The number of methoxy groups -OCH3 is 1. The number of phenolic OH excluding ortho intramolecular Hbond substituents is 2. The van der Waals surface area contributed by atoms with Gasteiger partial charge in [-0.3, -0.25) is 14.4 Å². The molecule has 0 aromatic heterocycles. The van der Waals surface area contributed by atoms with Gasteiger partial charge in [0.05, 0.1) is 53.4 Å². The van der Waals surface area contributed by atoms with Crippen LogP contribution in [0, 0.1) is 30.6 Å². The number of fused-ring (bicyclic) bond motifs is 14. The number of rotatable bonds is 4. The number of ketones is 1. The fourth-order valence-electron chi connectivity index (χ4n) is 8.47. The minimum Gasteiger partial charge on any atom is -0.507 e. The Balaban J connectivity index is 1.72. The number of hydrogen-bond donors (Lipinski definition) is 6. The van der Waals surface area contributed by atoms with Crippen molar-refractivity contribution in [2.75, 3.05) is 23.9 Å². The van der Waals surface area contributed by atoms with Crippen LogP contribution >= 0.6 is 0 Å². The van der Waals surface area contributed by atoms with E-state index in [1.807, 2.05) is 4.90 Å². The van der Waals surface area contributed by atoms with E-state index in [-0.39, 0.29) is 50.7 Å². The highest BCUT2D eigenvalue weighted by molar-refractivity contribution is 6.23. The molecule has 1 amide bonds. The van der Waals surface area contributed by atoms with Crippen LogP contribution in [0.5, 0.6) is 17.2 Å². The van der Waals surface area contributed by atoms with Gasteiger partial charge in [0.2, 0.25) is 0 Å². The number of benzene rings is 2. The predicted octanol–water partition coefficient (Wildman–Crippen LogP) is 5.40. The Kier molecular flexibility index (Phi) is 13.0. The molecular weight excluding hydrogens is 736 g/mol. The molecule has 0 aliphatic carbocycles. The topological polar surface area (TPSA) is 205 Å². The minimum absolute atomic E-state index is 0.0274. The number of carbonyl (C=O) groups excluding carboxylic acids is 3. The van der Waals surface area contributed by atoms with Gasteiger partial charge < -0.3 is 54.7 Å². The van der Waals surface area contributed by atoms with Crippen molar-refractivity contribution in [3.05, 3.63) is 53.3 Å². The molecule has 0 unspecified atom stereocenters. The predicted molar refractivity (Wildman–Crippen MR) is 214 cm³/mol. The van der Waals surface area contributed by atoms with Gasteiger partial charge >= 0.3 is 11.8 Å². The second-order valence-electron chi connectivity index (χ2n) is 16.1. The van der Waals surface area contributed by atoms with E-state index in [4.69, 9.17) is 18.9 Å². The molecule has 4 aliphatic heterocycles. The summed E-state index contributed by atoms with van der Waals surface area (Å²) in [5.41, 5.74) is 0.807. The number of aromatic hydroxyl groups is 2. The van der Waals surface area contributed by atoms with E-state index in [0.29, 0.717) is 25.1 Å². The number of hydrogen-bond acceptors (Lipinski definition) is 13. The summed E-state index contributed by atoms with van der Waals surface area (Å²) in [5, 5.41) is 60.0. The molecule has 14 nitrogen and oxygen atoms in total. The van der Waals surface area contributed by atoms with Gasteiger partial charge in [0.15, 0.2) is 5.75 Å². The van der Waals surface area contributed by atoms with E-state index in [1.54, 1.807) is 66.7 Å². The van der Waals surface area contributed by atoms with E-state index in [2.05, 4.69) is 5.32 Å². The van der Waals surface area contributed by atoms with Crippen molar-refractivity contribution >= 4 is 39.8 Å². The number of aliphatic hydroxyl groups excluding tert-OH is 3. The second-order valence-corrected chi connectivity index (χ2v) is 16.1. The standard InChI is InChI=1S/C43H58N2O12/c1-20-13-11-14-21(2)42(53)44-28-19-30(45-17-12-15-29(45)26(7)46)32-33(38(28)51)37(50)25(6)40-34(32)41(52)43(9,57-40)55-18-16-31(54-10)22(3)39(56-27(8)47)24(5)36(49)23(4)35(20)48/h11,13-14,16,18-20,22-24,26,29,31,35-36,39,46,48-51H,12,15,17H2,1-10H3,(H,44,53)/b13-11-,18-16?,21-14-/t20-,22+,23+,24+,26-,29+,31-,35-,36+,39+,43-/m0/s1. The zero-order valence-electron chi connectivity index (χ0n) is 34.4. The lowest BCUT2D eigenvalue weighted by Crippen LogP contribution is -2.46. The Bertz CT molecular complexity index is 1970. The molecule has 6 N–H and O–H groups in total. The fourth-order valence-corrected chi connectivity index (χ4v) is 8.47. The molecular formula is C43H58N2O12. The van der Waals surface area contributed by atoms with Gasteiger partial charge in [0.25, 0.3) is 11.7 Å². The van der Waals surface area contributed by atoms with Crippen LogP contribution in [-0.4, -0.2) is 99.2 Å². The van der Waals surface area contributed by atoms with Crippen LogP contribution in [0.1, 0.15) is 84.2 Å². The second kappa shape index (κ2) is 17.1. The molecule has 4 heterocycles. The quantitative estimate of drug-likeness (QED) is 0.170. The van der Waals surface area contributed by atoms with Gasteiger partial charge in [-0.15, -0.1) is 0 Å². The molecule has 0 radical (unpaired) electrons. The van der Waals surface area contributed by atoms with Gasteiger partial charge in [-0.05, 0) is 45.8 Å². The number of phenols is 2. The van der Waals surface area contributed by atoms with Crippen molar-refractivity contribution < 1.29 is 58.9 Å². The van der Waals surface area contributed by atoms with Crippen molar-refractivity contribution in [3.63, 3.8) is 0 Å². The minimum atomic E-state index is -1.95. The summed E-state index contributed by atoms with van der Waals surface area (Å²) in [4.78, 5) is 42.5. The fraction of sp³-hybridized carbons (Fsp3) is 0.558. The number of aliphatic hydroxyl groups is 3. The van der Waals surface area contributed by atoms with Crippen molar-refractivity contribution in [1.82, 2.24) is 0 Å². The molecule has 1 fully saturated rings. The molecule has 2 aromatic carbocycles. The molecule has 2 aromatic rings. The van der Waals surface area contributed by atoms with Crippen molar-refractivity contribution in [1.29, 1.82) is 0 Å². The number of Topliss-reactive ketones (excluding diaryl/α,β-unsaturated/α-hetero) is 1. The monoisotopic (exact) mass is 794 g/mol. The van der Waals surface area contributed by atoms with Crippen LogP contribution in [0.2, 0.25) is 0 Å². The van der Waals surface area contributed by atoms with Gasteiger partial charge in [-0.1, -0.05) is 45.9 Å². The lowest BCUT2D eigenvalue weighted by Gasteiger charge is -2.38. The molecule has 57 heavy (non-hydrogen) atoms. The Morgan fingerprint density at radius 3 is 2.33 bits per heavy atom. The first-order chi connectivity index (χ1) is 26.7. The van der Waals surface area contributed by atoms with Crippen molar-refractivity contribution in [3.8, 4) is 17.2 Å². The molecule has 1 saturated heterocycles. The van der Waals surface area contributed by atoms with Crippen LogP contribution in [-0.2, 0) is 23.8 Å². The molecule has 5 bridgehead atoms. The van der Waals surface area contributed by atoms with Crippen molar-refractivity contribution in [2.24, 2.45) is 23.7 Å². The largest absolute Gasteiger partial charge is 0.507 e. The Labute approximate surface area is 333 Å². The normalized spacial score (nSPS) is 33.4. The highest BCUT2D eigenvalue weighted by Gasteiger charge is 2.50. The SMILES string of the molecule is CO[C@H]1C=CO[C@@]2(C)Oc3c(C)c(O)c4c(O)c(cc(N5CCC[C@@H]5[C@H](C)O)c4c3C2=O)NC(=O)/C(C)=C\C=C/[C@H](C)[C@H](O)[C@@H](C)[C@@H](O)[C@@H](C)[C@H](OC(C)=O)[C@@H]1C. The summed E-state index contributed by atoms with van der Waals surface area (Å²) in [5.74, 6) is -6.89. The maximum Gasteiger partial charge on any atom is 0.312 e. The molecule has 14 heteroatoms. The van der Waals surface area contributed by atoms with Gasteiger partial charge in [0, 0.05) is 73.4 Å². The first kappa shape index (κ1) is 43.5. The Hall–Kier alpha value is -4.63. The summed E-state index contributed by atoms with van der Waals surface area (Å²) < 4.78 is 23.8. The summed E-state index contributed by atoms with van der Waals surface area (Å²) >= 11 is 0. The number of anilines is 2. The number of nitrogens with zero attached hydrogens (tertiary/aromatic N) is 1. The number of allylic oxidation sites excluding steroid dienone is 2. The Morgan fingerprint density at radius 1 is 1.02 bits per heavy atom. The molecule has 0 saturated carbocycles. The van der Waals surface area contributed by atoms with E-state index in [1.165, 1.54) is 39.4 Å². The number of nitrogens with one attached hydrogen (secondary N) is 1. The molecule has 11 atom stereocenters. The van der Waals surface area contributed by atoms with Crippen LogP contribution < -0.4 is 15.0 Å². The maximum atomic E-state index is 14.6. The maximum absolute atomic E-state index is 14.6. The van der Waals surface area contributed by atoms with E-state index in [9.17, 15) is 39.9 Å². The molecule has 6 rings (SSSR count). The van der Waals surface area contributed by atoms with Gasteiger partial charge in [-0.25, -0.2) is 0 Å². The van der Waals surface area contributed by atoms with E-state index >= 15 is 0 Å². The zero-order chi connectivity index (χ0) is 42.3. The van der Waals surface area contributed by atoms with Crippen LogP contribution in [0.3, 0.4) is 0 Å². The lowest BCUT2D eigenvalue weighted by molar-refractivity contribution is -0.160. The van der Waals surface area contributed by atoms with Crippen LogP contribution in [0.15, 0.2) is 42.2 Å². The summed E-state index contributed by atoms with van der Waals surface area (Å²) in [7, 11) is 1.46. The van der Waals surface area contributed by atoms with Crippen LogP contribution in [0.4, 0.5) is 11.4 Å². The number of amides is 1. The van der Waals surface area contributed by atoms with Crippen LogP contribution in [0.25, 0.3) is 10.8 Å².